The summed E-state index contributed by atoms with van der Waals surface area (Å²) in [6.07, 6.45) is 1.41. The van der Waals surface area contributed by atoms with E-state index < -0.39 is 15.8 Å². The molecule has 0 aliphatic rings. The van der Waals surface area contributed by atoms with Crippen molar-refractivity contribution >= 4 is 39.0 Å². The molecule has 0 atom stereocenters. The number of benzene rings is 2. The molecule has 0 unspecified atom stereocenters. The predicted octanol–water partition coefficient (Wildman–Crippen LogP) is 4.08. The molecule has 0 radical (unpaired) electrons. The monoisotopic (exact) mass is 372 g/mol. The van der Waals surface area contributed by atoms with Gasteiger partial charge in [0.2, 0.25) is 0 Å². The normalized spacial score (nSPS) is 11.4. The largest absolute Gasteiger partial charge is 0.481 e. The predicted molar refractivity (Wildman–Crippen MR) is 91.0 cm³/mol. The van der Waals surface area contributed by atoms with Crippen LogP contribution in [0.25, 0.3) is 11.1 Å². The first-order valence-corrected chi connectivity index (χ1v) is 9.33. The molecule has 2 rings (SSSR count). The molecule has 0 spiro atoms. The average Bonchev–Trinajstić information content (AvgIpc) is 2.44. The lowest BCUT2D eigenvalue weighted by Crippen LogP contribution is -2.00. The molecule has 0 amide bonds. The molecule has 7 heteroatoms. The van der Waals surface area contributed by atoms with Crippen LogP contribution in [-0.2, 0) is 21.1 Å². The summed E-state index contributed by atoms with van der Waals surface area (Å²) in [6, 6.07) is 9.59. The van der Waals surface area contributed by atoms with Crippen LogP contribution in [0.15, 0.2) is 41.3 Å². The summed E-state index contributed by atoms with van der Waals surface area (Å²) < 4.78 is 23.2. The van der Waals surface area contributed by atoms with Crippen molar-refractivity contribution in [2.24, 2.45) is 0 Å². The van der Waals surface area contributed by atoms with Crippen LogP contribution in [-0.4, -0.2) is 25.7 Å². The molecule has 0 saturated carbocycles. The van der Waals surface area contributed by atoms with Crippen LogP contribution in [0.4, 0.5) is 0 Å². The molecule has 2 aromatic rings. The second kappa shape index (κ2) is 6.91. The third-order valence-electron chi connectivity index (χ3n) is 3.34. The number of carboxylic acid groups (broad SMARTS) is 1. The van der Waals surface area contributed by atoms with Crippen molar-refractivity contribution < 1.29 is 18.3 Å². The maximum Gasteiger partial charge on any atom is 0.303 e. The fraction of sp³-hybridized carbons (Fsp3) is 0.188. The molecule has 0 aliphatic carbocycles. The Morgan fingerprint density at radius 2 is 1.78 bits per heavy atom. The Morgan fingerprint density at radius 1 is 1.09 bits per heavy atom. The molecule has 4 nitrogen and oxygen atoms in total. The maximum absolute atomic E-state index is 11.6. The highest BCUT2D eigenvalue weighted by atomic mass is 35.5. The zero-order valence-corrected chi connectivity index (χ0v) is 14.5. The molecule has 0 aliphatic heterocycles. The second-order valence-electron chi connectivity index (χ2n) is 5.11. The van der Waals surface area contributed by atoms with Gasteiger partial charge in [0.1, 0.15) is 0 Å². The van der Waals surface area contributed by atoms with E-state index in [0.717, 1.165) is 11.8 Å². The van der Waals surface area contributed by atoms with E-state index in [-0.39, 0.29) is 16.3 Å². The van der Waals surface area contributed by atoms with E-state index in [1.807, 2.05) is 0 Å². The van der Waals surface area contributed by atoms with Crippen LogP contribution in [0.3, 0.4) is 0 Å². The van der Waals surface area contributed by atoms with Gasteiger partial charge in [-0.15, -0.1) is 0 Å². The van der Waals surface area contributed by atoms with Gasteiger partial charge in [-0.25, -0.2) is 8.42 Å². The lowest BCUT2D eigenvalue weighted by molar-refractivity contribution is -0.136. The summed E-state index contributed by atoms with van der Waals surface area (Å²) in [6.45, 7) is 0. The number of carboxylic acids is 1. The van der Waals surface area contributed by atoms with Crippen molar-refractivity contribution in [2.45, 2.75) is 17.7 Å². The summed E-state index contributed by atoms with van der Waals surface area (Å²) in [5.74, 6) is -0.899. The molecule has 0 heterocycles. The molecule has 2 aromatic carbocycles. The van der Waals surface area contributed by atoms with E-state index in [9.17, 15) is 13.2 Å². The highest BCUT2D eigenvalue weighted by Crippen LogP contribution is 2.34. The average molecular weight is 373 g/mol. The minimum absolute atomic E-state index is 0.0202. The van der Waals surface area contributed by atoms with Crippen molar-refractivity contribution in [3.63, 3.8) is 0 Å². The van der Waals surface area contributed by atoms with Crippen molar-refractivity contribution in [3.05, 3.63) is 52.0 Å². The Balaban J connectivity index is 2.53. The van der Waals surface area contributed by atoms with Crippen LogP contribution in [0.2, 0.25) is 10.0 Å². The smallest absolute Gasteiger partial charge is 0.303 e. The van der Waals surface area contributed by atoms with Crippen molar-refractivity contribution in [1.82, 2.24) is 0 Å². The first kappa shape index (κ1) is 17.8. The van der Waals surface area contributed by atoms with Gasteiger partial charge in [0, 0.05) is 28.3 Å². The second-order valence-corrected chi connectivity index (χ2v) is 7.97. The molecular formula is C16H14Cl2O4S. The van der Waals surface area contributed by atoms with Gasteiger partial charge in [-0.2, -0.15) is 0 Å². The SMILES string of the molecule is CS(=O)(=O)c1ccc(-c2cc(Cl)ccc2CCC(=O)O)c(Cl)c1. The number of sulfone groups is 1. The van der Waals surface area contributed by atoms with Crippen molar-refractivity contribution in [2.75, 3.05) is 6.26 Å². The Labute approximate surface area is 144 Å². The number of carbonyl (C=O) groups is 1. The number of halogens is 2. The molecule has 23 heavy (non-hydrogen) atoms. The molecule has 0 aromatic heterocycles. The van der Waals surface area contributed by atoms with Gasteiger partial charge in [-0.1, -0.05) is 35.3 Å². The molecular weight excluding hydrogens is 359 g/mol. The zero-order valence-electron chi connectivity index (χ0n) is 12.2. The first-order chi connectivity index (χ1) is 10.7. The van der Waals surface area contributed by atoms with Gasteiger partial charge in [-0.3, -0.25) is 4.79 Å². The van der Waals surface area contributed by atoms with E-state index in [1.165, 1.54) is 12.1 Å². The molecule has 0 saturated heterocycles. The lowest BCUT2D eigenvalue weighted by Gasteiger charge is -2.12. The summed E-state index contributed by atoms with van der Waals surface area (Å²) in [4.78, 5) is 10.9. The molecule has 1 N–H and O–H groups in total. The summed E-state index contributed by atoms with van der Waals surface area (Å²) in [7, 11) is -3.35. The minimum atomic E-state index is -3.35. The summed E-state index contributed by atoms with van der Waals surface area (Å²) >= 11 is 12.3. The van der Waals surface area contributed by atoms with Gasteiger partial charge >= 0.3 is 5.97 Å². The maximum atomic E-state index is 11.6. The van der Waals surface area contributed by atoms with Crippen LogP contribution >= 0.6 is 23.2 Å². The highest BCUT2D eigenvalue weighted by molar-refractivity contribution is 7.90. The van der Waals surface area contributed by atoms with Crippen LogP contribution in [0, 0.1) is 0 Å². The highest BCUT2D eigenvalue weighted by Gasteiger charge is 2.14. The third kappa shape index (κ3) is 4.47. The standard InChI is InChI=1S/C16H14Cl2O4S/c1-23(21,22)12-5-6-13(15(18)9-12)14-8-11(17)4-2-10(14)3-7-16(19)20/h2,4-6,8-9H,3,7H2,1H3,(H,19,20). The van der Waals surface area contributed by atoms with Crippen LogP contribution in [0.1, 0.15) is 12.0 Å². The number of hydrogen-bond donors (Lipinski definition) is 1. The number of hydrogen-bond acceptors (Lipinski definition) is 3. The van der Waals surface area contributed by atoms with Gasteiger partial charge in [-0.05, 0) is 41.8 Å². The van der Waals surface area contributed by atoms with Crippen LogP contribution in [0.5, 0.6) is 0 Å². The fourth-order valence-electron chi connectivity index (χ4n) is 2.20. The molecule has 0 fully saturated rings. The Bertz CT molecular complexity index is 860. The fourth-order valence-corrected chi connectivity index (χ4v) is 3.37. The molecule has 122 valence electrons. The number of rotatable bonds is 5. The van der Waals surface area contributed by atoms with Crippen molar-refractivity contribution in [3.8, 4) is 11.1 Å². The summed E-state index contributed by atoms with van der Waals surface area (Å²) in [5.41, 5.74) is 2.09. The van der Waals surface area contributed by atoms with Gasteiger partial charge in [0.15, 0.2) is 9.84 Å². The van der Waals surface area contributed by atoms with Gasteiger partial charge in [0.05, 0.1) is 4.90 Å². The van der Waals surface area contributed by atoms with E-state index in [0.29, 0.717) is 22.6 Å². The first-order valence-electron chi connectivity index (χ1n) is 6.68. The Kier molecular flexibility index (Phi) is 5.34. The molecule has 0 bridgehead atoms. The number of aliphatic carboxylic acids is 1. The third-order valence-corrected chi connectivity index (χ3v) is 5.00. The van der Waals surface area contributed by atoms with E-state index in [2.05, 4.69) is 0 Å². The Morgan fingerprint density at radius 3 is 2.35 bits per heavy atom. The van der Waals surface area contributed by atoms with Gasteiger partial charge in [0.25, 0.3) is 0 Å². The zero-order chi connectivity index (χ0) is 17.2. The Hall–Kier alpha value is -1.56. The summed E-state index contributed by atoms with van der Waals surface area (Å²) in [5, 5.41) is 9.61. The van der Waals surface area contributed by atoms with E-state index in [1.54, 1.807) is 24.3 Å². The van der Waals surface area contributed by atoms with Gasteiger partial charge < -0.3 is 5.11 Å². The lowest BCUT2D eigenvalue weighted by atomic mass is 9.96. The topological polar surface area (TPSA) is 71.4 Å². The van der Waals surface area contributed by atoms with Crippen LogP contribution < -0.4 is 0 Å². The number of aryl methyl sites for hydroxylation is 1. The minimum Gasteiger partial charge on any atom is -0.481 e. The van der Waals surface area contributed by atoms with E-state index >= 15 is 0 Å². The van der Waals surface area contributed by atoms with E-state index in [4.69, 9.17) is 28.3 Å². The van der Waals surface area contributed by atoms with Crippen molar-refractivity contribution in [1.29, 1.82) is 0 Å². The quantitative estimate of drug-likeness (QED) is 0.857.